The summed E-state index contributed by atoms with van der Waals surface area (Å²) < 4.78 is 5.30. The van der Waals surface area contributed by atoms with E-state index < -0.39 is 5.60 Å². The lowest BCUT2D eigenvalue weighted by molar-refractivity contribution is 0.00821. The second kappa shape index (κ2) is 5.45. The number of halogens is 1. The van der Waals surface area contributed by atoms with Gasteiger partial charge in [-0.15, -0.1) is 0 Å². The molecule has 1 amide bonds. The van der Waals surface area contributed by atoms with Crippen molar-refractivity contribution in [1.82, 2.24) is 4.90 Å². The lowest BCUT2D eigenvalue weighted by Crippen LogP contribution is -2.50. The summed E-state index contributed by atoms with van der Waals surface area (Å²) in [5, 5.41) is 9.45. The van der Waals surface area contributed by atoms with E-state index in [1.165, 1.54) is 0 Å². The van der Waals surface area contributed by atoms with Crippen LogP contribution in [0.1, 0.15) is 37.8 Å². The molecule has 2 N–H and O–H groups in total. The Labute approximate surface area is 129 Å². The number of hydrogen-bond donors (Lipinski definition) is 1. The van der Waals surface area contributed by atoms with E-state index in [1.807, 2.05) is 20.8 Å². The van der Waals surface area contributed by atoms with Gasteiger partial charge >= 0.3 is 6.09 Å². The number of hydrogen-bond acceptors (Lipinski definition) is 4. The number of anilines is 1. The van der Waals surface area contributed by atoms with Crippen LogP contribution in [0.5, 0.6) is 0 Å². The Morgan fingerprint density at radius 3 is 2.62 bits per heavy atom. The summed E-state index contributed by atoms with van der Waals surface area (Å²) in [6.45, 7) is 6.52. The minimum absolute atomic E-state index is 0.0839. The monoisotopic (exact) mass is 307 g/mol. The summed E-state index contributed by atoms with van der Waals surface area (Å²) in [6.07, 6.45) is -0.334. The summed E-state index contributed by atoms with van der Waals surface area (Å²) in [5.74, 6) is 0.0839. The standard InChI is InChI=1S/C15H18ClN3O2/c1-15(2,3)21-14(20)19-7-10(8-19)11-4-9(6-17)5-12(18)13(11)16/h4-5,10H,7-8,18H2,1-3H3. The van der Waals surface area contributed by atoms with Crippen LogP contribution in [0.4, 0.5) is 10.5 Å². The highest BCUT2D eigenvalue weighted by Gasteiger charge is 2.35. The van der Waals surface area contributed by atoms with Crippen LogP contribution in [-0.2, 0) is 4.74 Å². The number of rotatable bonds is 1. The fourth-order valence-corrected chi connectivity index (χ4v) is 2.45. The van der Waals surface area contributed by atoms with Gasteiger partial charge in [-0.05, 0) is 38.5 Å². The van der Waals surface area contributed by atoms with Gasteiger partial charge in [0.2, 0.25) is 0 Å². The molecule has 1 heterocycles. The molecule has 1 aliphatic rings. The van der Waals surface area contributed by atoms with E-state index in [9.17, 15) is 4.79 Å². The summed E-state index contributed by atoms with van der Waals surface area (Å²) >= 11 is 6.19. The molecule has 0 aliphatic carbocycles. The minimum Gasteiger partial charge on any atom is -0.444 e. The lowest BCUT2D eigenvalue weighted by atomic mass is 9.90. The quantitative estimate of drug-likeness (QED) is 0.808. The van der Waals surface area contributed by atoms with Gasteiger partial charge in [0.05, 0.1) is 22.3 Å². The second-order valence-electron chi connectivity index (χ2n) is 6.16. The predicted molar refractivity (Wildman–Crippen MR) is 81.1 cm³/mol. The third-order valence-electron chi connectivity index (χ3n) is 3.23. The molecule has 112 valence electrons. The van der Waals surface area contributed by atoms with Crippen molar-refractivity contribution in [3.63, 3.8) is 0 Å². The third-order valence-corrected chi connectivity index (χ3v) is 3.67. The summed E-state index contributed by atoms with van der Waals surface area (Å²) in [7, 11) is 0. The molecule has 0 radical (unpaired) electrons. The van der Waals surface area contributed by atoms with Crippen molar-refractivity contribution in [2.45, 2.75) is 32.3 Å². The smallest absolute Gasteiger partial charge is 0.410 e. The average Bonchev–Trinajstić information content (AvgIpc) is 2.29. The number of nitrogens with zero attached hydrogens (tertiary/aromatic N) is 2. The molecule has 1 aromatic carbocycles. The second-order valence-corrected chi connectivity index (χ2v) is 6.54. The van der Waals surface area contributed by atoms with E-state index >= 15 is 0 Å². The Morgan fingerprint density at radius 2 is 2.10 bits per heavy atom. The number of nitrogens with two attached hydrogens (primary N) is 1. The Morgan fingerprint density at radius 1 is 1.48 bits per heavy atom. The maximum Gasteiger partial charge on any atom is 0.410 e. The summed E-state index contributed by atoms with van der Waals surface area (Å²) in [5.41, 5.74) is 6.97. The number of ether oxygens (including phenoxy) is 1. The Kier molecular flexibility index (Phi) is 4.02. The van der Waals surface area contributed by atoms with Crippen LogP contribution in [0.2, 0.25) is 5.02 Å². The van der Waals surface area contributed by atoms with Gasteiger partial charge in [0, 0.05) is 19.0 Å². The molecule has 5 nitrogen and oxygen atoms in total. The lowest BCUT2D eigenvalue weighted by Gasteiger charge is -2.40. The van der Waals surface area contributed by atoms with Crippen LogP contribution in [-0.4, -0.2) is 29.7 Å². The first-order valence-electron chi connectivity index (χ1n) is 6.68. The van der Waals surface area contributed by atoms with Crippen LogP contribution in [0, 0.1) is 11.3 Å². The van der Waals surface area contributed by atoms with Crippen molar-refractivity contribution in [2.24, 2.45) is 0 Å². The van der Waals surface area contributed by atoms with Crippen LogP contribution in [0.15, 0.2) is 12.1 Å². The molecule has 1 aliphatic heterocycles. The molecular formula is C15H18ClN3O2. The van der Waals surface area contributed by atoms with Gasteiger partial charge in [-0.3, -0.25) is 0 Å². The molecule has 0 saturated carbocycles. The Bertz CT molecular complexity index is 611. The molecule has 2 rings (SSSR count). The SMILES string of the molecule is CC(C)(C)OC(=O)N1CC(c2cc(C#N)cc(N)c2Cl)C1. The summed E-state index contributed by atoms with van der Waals surface area (Å²) in [4.78, 5) is 13.5. The van der Waals surface area contributed by atoms with Gasteiger partial charge in [0.15, 0.2) is 0 Å². The first-order valence-corrected chi connectivity index (χ1v) is 7.06. The first-order chi connectivity index (χ1) is 9.71. The average molecular weight is 308 g/mol. The van der Waals surface area contributed by atoms with Crippen molar-refractivity contribution < 1.29 is 9.53 Å². The third kappa shape index (κ3) is 3.40. The maximum atomic E-state index is 11.9. The number of carbonyl (C=O) groups excluding carboxylic acids is 1. The zero-order valence-electron chi connectivity index (χ0n) is 12.3. The molecule has 21 heavy (non-hydrogen) atoms. The Hall–Kier alpha value is -1.93. The number of amides is 1. The number of benzene rings is 1. The van der Waals surface area contributed by atoms with Crippen LogP contribution in [0.25, 0.3) is 0 Å². The minimum atomic E-state index is -0.509. The van der Waals surface area contributed by atoms with Gasteiger partial charge in [-0.25, -0.2) is 4.79 Å². The topological polar surface area (TPSA) is 79.3 Å². The first kappa shape index (κ1) is 15.5. The van der Waals surface area contributed by atoms with Crippen molar-refractivity contribution in [1.29, 1.82) is 5.26 Å². The van der Waals surface area contributed by atoms with E-state index in [1.54, 1.807) is 17.0 Å². The molecule has 0 aromatic heterocycles. The highest BCUT2D eigenvalue weighted by molar-refractivity contribution is 6.34. The number of nitrogen functional groups attached to an aromatic ring is 1. The molecular weight excluding hydrogens is 290 g/mol. The van der Waals surface area contributed by atoms with E-state index in [-0.39, 0.29) is 12.0 Å². The fourth-order valence-electron chi connectivity index (χ4n) is 2.18. The molecule has 6 heteroatoms. The van der Waals surface area contributed by atoms with Gasteiger partial charge in [0.1, 0.15) is 5.60 Å². The molecule has 1 saturated heterocycles. The highest BCUT2D eigenvalue weighted by Crippen LogP contribution is 2.36. The zero-order chi connectivity index (χ0) is 15.8. The van der Waals surface area contributed by atoms with E-state index in [0.29, 0.717) is 29.4 Å². The van der Waals surface area contributed by atoms with Gasteiger partial charge in [0.25, 0.3) is 0 Å². The molecule has 0 atom stereocenters. The van der Waals surface area contributed by atoms with Crippen molar-refractivity contribution in [3.05, 3.63) is 28.3 Å². The van der Waals surface area contributed by atoms with Crippen molar-refractivity contribution in [2.75, 3.05) is 18.8 Å². The molecule has 0 spiro atoms. The molecule has 1 fully saturated rings. The normalized spacial score (nSPS) is 15.3. The highest BCUT2D eigenvalue weighted by atomic mass is 35.5. The molecule has 1 aromatic rings. The molecule has 0 bridgehead atoms. The number of nitriles is 1. The van der Waals surface area contributed by atoms with E-state index in [2.05, 4.69) is 6.07 Å². The van der Waals surface area contributed by atoms with Crippen LogP contribution in [0.3, 0.4) is 0 Å². The van der Waals surface area contributed by atoms with Gasteiger partial charge in [-0.1, -0.05) is 11.6 Å². The largest absolute Gasteiger partial charge is 0.444 e. The van der Waals surface area contributed by atoms with Crippen molar-refractivity contribution in [3.8, 4) is 6.07 Å². The van der Waals surface area contributed by atoms with Crippen LogP contribution >= 0.6 is 11.6 Å². The Balaban J connectivity index is 2.07. The molecule has 0 unspecified atom stereocenters. The van der Waals surface area contributed by atoms with Crippen molar-refractivity contribution >= 4 is 23.4 Å². The van der Waals surface area contributed by atoms with E-state index in [0.717, 1.165) is 5.56 Å². The van der Waals surface area contributed by atoms with E-state index in [4.69, 9.17) is 27.3 Å². The number of likely N-dealkylation sites (tertiary alicyclic amines) is 1. The zero-order valence-corrected chi connectivity index (χ0v) is 13.1. The maximum absolute atomic E-state index is 11.9. The van der Waals surface area contributed by atoms with Gasteiger partial charge < -0.3 is 15.4 Å². The fraction of sp³-hybridized carbons (Fsp3) is 0.467. The van der Waals surface area contributed by atoms with Crippen LogP contribution < -0.4 is 5.73 Å². The number of carbonyl (C=O) groups is 1. The summed E-state index contributed by atoms with van der Waals surface area (Å²) in [6, 6.07) is 5.34. The van der Waals surface area contributed by atoms with Gasteiger partial charge in [-0.2, -0.15) is 5.26 Å². The predicted octanol–water partition coefficient (Wildman–Crippen LogP) is 3.13.